The Morgan fingerprint density at radius 3 is 2.61 bits per heavy atom. The van der Waals surface area contributed by atoms with Gasteiger partial charge in [0.15, 0.2) is 0 Å². The van der Waals surface area contributed by atoms with Gasteiger partial charge in [0.25, 0.3) is 0 Å². The monoisotopic (exact) mass is 390 g/mol. The Morgan fingerprint density at radius 1 is 1.21 bits per heavy atom. The van der Waals surface area contributed by atoms with Crippen molar-refractivity contribution in [2.24, 2.45) is 34.5 Å². The molecule has 0 aliphatic heterocycles. The second-order valence-corrected chi connectivity index (χ2v) is 9.32. The van der Waals surface area contributed by atoms with Crippen molar-refractivity contribution in [3.63, 3.8) is 0 Å². The minimum atomic E-state index is -0.754. The van der Waals surface area contributed by atoms with E-state index in [2.05, 4.69) is 19.6 Å². The molecular formula is C23H34O5. The normalized spacial score (nSPS) is 39.6. The van der Waals surface area contributed by atoms with Gasteiger partial charge >= 0.3 is 11.9 Å². The molecule has 3 aliphatic rings. The van der Waals surface area contributed by atoms with E-state index in [9.17, 15) is 14.4 Å². The molecule has 5 heteroatoms. The number of esters is 2. The SMILES string of the molecule is C=CC1CCC2C3CCC(=O)C(CCC(=O)OC)(COC(C)=O)C3CCC12C. The van der Waals surface area contributed by atoms with Crippen molar-refractivity contribution >= 4 is 17.7 Å². The average Bonchev–Trinajstić information content (AvgIpc) is 3.02. The van der Waals surface area contributed by atoms with Gasteiger partial charge in [0.1, 0.15) is 12.4 Å². The minimum absolute atomic E-state index is 0.0909. The second kappa shape index (κ2) is 8.00. The third-order valence-corrected chi connectivity index (χ3v) is 8.30. The zero-order valence-electron chi connectivity index (χ0n) is 17.5. The van der Waals surface area contributed by atoms with Gasteiger partial charge in [-0.05, 0) is 67.6 Å². The van der Waals surface area contributed by atoms with E-state index in [0.29, 0.717) is 30.6 Å². The van der Waals surface area contributed by atoms with Gasteiger partial charge in [-0.25, -0.2) is 0 Å². The summed E-state index contributed by atoms with van der Waals surface area (Å²) in [5.74, 6) is 1.17. The van der Waals surface area contributed by atoms with Gasteiger partial charge in [0.05, 0.1) is 12.5 Å². The Hall–Kier alpha value is -1.65. The van der Waals surface area contributed by atoms with Crippen molar-refractivity contribution in [2.45, 2.75) is 65.2 Å². The standard InChI is InChI=1S/C23H34O5/c1-5-16-6-8-18-17-7-9-20(25)23(14-28-15(2)24,13-11-21(26)27-4)19(17)10-12-22(16,18)3/h5,16-19H,1,6-14H2,2-4H3. The fraction of sp³-hybridized carbons (Fsp3) is 0.783. The molecule has 0 bridgehead atoms. The molecule has 0 aromatic carbocycles. The molecule has 3 saturated carbocycles. The summed E-state index contributed by atoms with van der Waals surface area (Å²) < 4.78 is 10.2. The number of methoxy groups -OCH3 is 1. The lowest BCUT2D eigenvalue weighted by Gasteiger charge is -2.56. The molecule has 28 heavy (non-hydrogen) atoms. The first-order valence-electron chi connectivity index (χ1n) is 10.6. The number of Topliss-reactive ketones (excluding diaryl/α,β-unsaturated/α-hetero) is 1. The summed E-state index contributed by atoms with van der Waals surface area (Å²) >= 11 is 0. The van der Waals surface area contributed by atoms with E-state index in [1.54, 1.807) is 0 Å². The third-order valence-electron chi connectivity index (χ3n) is 8.30. The molecule has 3 aliphatic carbocycles. The number of ketones is 1. The maximum Gasteiger partial charge on any atom is 0.305 e. The van der Waals surface area contributed by atoms with Crippen molar-refractivity contribution in [3.05, 3.63) is 12.7 Å². The molecule has 5 nitrogen and oxygen atoms in total. The van der Waals surface area contributed by atoms with Gasteiger partial charge in [-0.1, -0.05) is 13.0 Å². The van der Waals surface area contributed by atoms with Crippen LogP contribution >= 0.6 is 0 Å². The average molecular weight is 391 g/mol. The molecule has 0 amide bonds. The molecule has 0 N–H and O–H groups in total. The fourth-order valence-electron chi connectivity index (χ4n) is 6.80. The zero-order valence-corrected chi connectivity index (χ0v) is 17.5. The van der Waals surface area contributed by atoms with E-state index in [-0.39, 0.29) is 42.1 Å². The Labute approximate surface area is 168 Å². The van der Waals surface area contributed by atoms with Gasteiger partial charge in [-0.15, -0.1) is 6.58 Å². The molecule has 0 aromatic rings. The van der Waals surface area contributed by atoms with Gasteiger partial charge in [-0.3, -0.25) is 14.4 Å². The highest BCUT2D eigenvalue weighted by Crippen LogP contribution is 2.64. The maximum absolute atomic E-state index is 13.2. The van der Waals surface area contributed by atoms with Crippen LogP contribution in [0, 0.1) is 34.5 Å². The number of hydrogen-bond acceptors (Lipinski definition) is 5. The summed E-state index contributed by atoms with van der Waals surface area (Å²) in [7, 11) is 1.37. The summed E-state index contributed by atoms with van der Waals surface area (Å²) in [4.78, 5) is 36.7. The number of rotatable bonds is 6. The van der Waals surface area contributed by atoms with Crippen LogP contribution in [0.4, 0.5) is 0 Å². The van der Waals surface area contributed by atoms with E-state index in [1.165, 1.54) is 26.9 Å². The first-order chi connectivity index (χ1) is 13.3. The smallest absolute Gasteiger partial charge is 0.305 e. The zero-order chi connectivity index (χ0) is 20.5. The van der Waals surface area contributed by atoms with Crippen LogP contribution < -0.4 is 0 Å². The van der Waals surface area contributed by atoms with E-state index in [1.807, 2.05) is 0 Å². The maximum atomic E-state index is 13.2. The molecule has 0 aromatic heterocycles. The summed E-state index contributed by atoms with van der Waals surface area (Å²) in [6.07, 6.45) is 8.47. The Bertz CT molecular complexity index is 655. The predicted molar refractivity (Wildman–Crippen MR) is 105 cm³/mol. The van der Waals surface area contributed by atoms with Crippen LogP contribution in [-0.4, -0.2) is 31.4 Å². The Balaban J connectivity index is 1.92. The first kappa shape index (κ1) is 21.1. The van der Waals surface area contributed by atoms with Crippen LogP contribution in [0.2, 0.25) is 0 Å². The summed E-state index contributed by atoms with van der Waals surface area (Å²) in [6.45, 7) is 7.93. The molecule has 3 fully saturated rings. The summed E-state index contributed by atoms with van der Waals surface area (Å²) in [5.41, 5.74) is -0.505. The van der Waals surface area contributed by atoms with Crippen LogP contribution in [0.25, 0.3) is 0 Å². The molecule has 0 saturated heterocycles. The van der Waals surface area contributed by atoms with E-state index in [4.69, 9.17) is 9.47 Å². The molecule has 6 atom stereocenters. The van der Waals surface area contributed by atoms with Crippen LogP contribution in [0.5, 0.6) is 0 Å². The highest BCUT2D eigenvalue weighted by molar-refractivity contribution is 5.87. The van der Waals surface area contributed by atoms with E-state index >= 15 is 0 Å². The lowest BCUT2D eigenvalue weighted by atomic mass is 9.48. The quantitative estimate of drug-likeness (QED) is 0.504. The molecule has 0 radical (unpaired) electrons. The number of carbonyl (C=O) groups excluding carboxylic acids is 3. The molecular weight excluding hydrogens is 356 g/mol. The fourth-order valence-corrected chi connectivity index (χ4v) is 6.80. The van der Waals surface area contributed by atoms with E-state index in [0.717, 1.165) is 19.3 Å². The summed E-state index contributed by atoms with van der Waals surface area (Å²) in [5, 5.41) is 0. The largest absolute Gasteiger partial charge is 0.469 e. The first-order valence-corrected chi connectivity index (χ1v) is 10.6. The number of allylic oxidation sites excluding steroid dienone is 1. The van der Waals surface area contributed by atoms with Crippen LogP contribution in [0.15, 0.2) is 12.7 Å². The second-order valence-electron chi connectivity index (χ2n) is 9.32. The minimum Gasteiger partial charge on any atom is -0.469 e. The number of hydrogen-bond donors (Lipinski definition) is 0. The van der Waals surface area contributed by atoms with Crippen molar-refractivity contribution in [1.82, 2.24) is 0 Å². The third kappa shape index (κ3) is 3.42. The topological polar surface area (TPSA) is 69.7 Å². The number of ether oxygens (including phenoxy) is 2. The van der Waals surface area contributed by atoms with Crippen molar-refractivity contribution < 1.29 is 23.9 Å². The Morgan fingerprint density at radius 2 is 1.96 bits per heavy atom. The molecule has 3 rings (SSSR count). The van der Waals surface area contributed by atoms with Crippen molar-refractivity contribution in [1.29, 1.82) is 0 Å². The lowest BCUT2D eigenvalue weighted by molar-refractivity contribution is -0.164. The van der Waals surface area contributed by atoms with Crippen LogP contribution in [0.3, 0.4) is 0 Å². The van der Waals surface area contributed by atoms with Crippen LogP contribution in [-0.2, 0) is 23.9 Å². The van der Waals surface area contributed by atoms with Crippen LogP contribution in [0.1, 0.15) is 65.2 Å². The van der Waals surface area contributed by atoms with E-state index < -0.39 is 5.41 Å². The van der Waals surface area contributed by atoms with Crippen molar-refractivity contribution in [2.75, 3.05) is 13.7 Å². The van der Waals surface area contributed by atoms with Gasteiger partial charge in [0, 0.05) is 19.8 Å². The molecule has 0 heterocycles. The van der Waals surface area contributed by atoms with Crippen molar-refractivity contribution in [3.8, 4) is 0 Å². The highest BCUT2D eigenvalue weighted by Gasteiger charge is 2.60. The van der Waals surface area contributed by atoms with Gasteiger partial charge in [0.2, 0.25) is 0 Å². The molecule has 156 valence electrons. The highest BCUT2D eigenvalue weighted by atomic mass is 16.5. The van der Waals surface area contributed by atoms with Gasteiger partial charge < -0.3 is 9.47 Å². The van der Waals surface area contributed by atoms with Gasteiger partial charge in [-0.2, -0.15) is 0 Å². The lowest BCUT2D eigenvalue weighted by Crippen LogP contribution is -2.55. The summed E-state index contributed by atoms with van der Waals surface area (Å²) in [6, 6.07) is 0. The Kier molecular flexibility index (Phi) is 6.02. The molecule has 6 unspecified atom stereocenters. The molecule has 0 spiro atoms. The number of carbonyl (C=O) groups is 3. The number of fused-ring (bicyclic) bond motifs is 3. The predicted octanol–water partition coefficient (Wildman–Crippen LogP) is 4.10.